The van der Waals surface area contributed by atoms with Crippen LogP contribution in [-0.4, -0.2) is 53.2 Å². The van der Waals surface area contributed by atoms with E-state index < -0.39 is 9.84 Å². The number of esters is 1. The summed E-state index contributed by atoms with van der Waals surface area (Å²) in [4.78, 5) is 28.9. The topological polar surface area (TPSA) is 120 Å². The lowest BCUT2D eigenvalue weighted by Gasteiger charge is -2.14. The average Bonchev–Trinajstić information content (AvgIpc) is 3.38. The standard InChI is InChI=1S/C18H22N4O5S2/c1-2-27-15(23)8-11-9-28-18(19-11)20-17(24)16-13-4-3-5-14(13)21-22(16)12-6-7-29(25,26)10-12/h9,12H,2-8,10H2,1H3,(H,19,20,24)/t12-/m1/s1. The molecule has 1 aliphatic carbocycles. The van der Waals surface area contributed by atoms with E-state index in [9.17, 15) is 18.0 Å². The summed E-state index contributed by atoms with van der Waals surface area (Å²) in [6, 6.07) is -0.318. The van der Waals surface area contributed by atoms with Crippen molar-refractivity contribution in [1.29, 1.82) is 0 Å². The van der Waals surface area contributed by atoms with Gasteiger partial charge in [-0.25, -0.2) is 13.4 Å². The zero-order valence-corrected chi connectivity index (χ0v) is 17.6. The molecule has 1 N–H and O–H groups in total. The molecule has 11 heteroatoms. The van der Waals surface area contributed by atoms with Gasteiger partial charge in [0, 0.05) is 10.9 Å². The predicted molar refractivity (Wildman–Crippen MR) is 107 cm³/mol. The number of amides is 1. The molecule has 3 heterocycles. The van der Waals surface area contributed by atoms with Crippen molar-refractivity contribution in [2.24, 2.45) is 0 Å². The predicted octanol–water partition coefficient (Wildman–Crippen LogP) is 1.55. The van der Waals surface area contributed by atoms with Crippen molar-refractivity contribution < 1.29 is 22.7 Å². The zero-order valence-electron chi connectivity index (χ0n) is 16.0. The Balaban J connectivity index is 1.55. The van der Waals surface area contributed by atoms with E-state index in [0.29, 0.717) is 29.5 Å². The van der Waals surface area contributed by atoms with Gasteiger partial charge in [0.25, 0.3) is 5.91 Å². The highest BCUT2D eigenvalue weighted by atomic mass is 32.2. The van der Waals surface area contributed by atoms with Crippen LogP contribution in [0, 0.1) is 0 Å². The maximum Gasteiger partial charge on any atom is 0.311 e. The minimum absolute atomic E-state index is 0.00871. The number of ether oxygens (including phenoxy) is 1. The van der Waals surface area contributed by atoms with Gasteiger partial charge < -0.3 is 4.74 Å². The van der Waals surface area contributed by atoms with Gasteiger partial charge in [-0.05, 0) is 32.6 Å². The minimum atomic E-state index is -3.10. The smallest absolute Gasteiger partial charge is 0.311 e. The summed E-state index contributed by atoms with van der Waals surface area (Å²) in [5, 5.41) is 9.46. The van der Waals surface area contributed by atoms with Crippen molar-refractivity contribution in [2.45, 2.75) is 45.1 Å². The highest BCUT2D eigenvalue weighted by Crippen LogP contribution is 2.32. The van der Waals surface area contributed by atoms with Crippen LogP contribution in [0.2, 0.25) is 0 Å². The van der Waals surface area contributed by atoms with Gasteiger partial charge in [-0.3, -0.25) is 19.6 Å². The molecule has 1 atom stereocenters. The molecule has 1 amide bonds. The number of nitrogens with zero attached hydrogens (tertiary/aromatic N) is 3. The number of fused-ring (bicyclic) bond motifs is 1. The Morgan fingerprint density at radius 3 is 2.93 bits per heavy atom. The van der Waals surface area contributed by atoms with Crippen LogP contribution in [0.25, 0.3) is 0 Å². The van der Waals surface area contributed by atoms with E-state index in [1.807, 2.05) is 0 Å². The van der Waals surface area contributed by atoms with Crippen LogP contribution in [0.15, 0.2) is 5.38 Å². The Morgan fingerprint density at radius 1 is 1.38 bits per heavy atom. The van der Waals surface area contributed by atoms with Crippen LogP contribution in [0.4, 0.5) is 5.13 Å². The number of hydrogen-bond acceptors (Lipinski definition) is 8. The number of hydrogen-bond donors (Lipinski definition) is 1. The molecule has 0 radical (unpaired) electrons. The molecular formula is C18H22N4O5S2. The molecule has 29 heavy (non-hydrogen) atoms. The van der Waals surface area contributed by atoms with Gasteiger partial charge >= 0.3 is 5.97 Å². The molecule has 0 aromatic carbocycles. The first-order valence-electron chi connectivity index (χ1n) is 9.58. The molecule has 2 aliphatic rings. The van der Waals surface area contributed by atoms with E-state index in [-0.39, 0.29) is 35.8 Å². The van der Waals surface area contributed by atoms with Crippen LogP contribution >= 0.6 is 11.3 Å². The number of thiazole rings is 1. The van der Waals surface area contributed by atoms with Crippen molar-refractivity contribution in [3.63, 3.8) is 0 Å². The molecule has 4 rings (SSSR count). The highest BCUT2D eigenvalue weighted by Gasteiger charge is 2.35. The first-order chi connectivity index (χ1) is 13.9. The average molecular weight is 439 g/mol. The first kappa shape index (κ1) is 20.0. The summed E-state index contributed by atoms with van der Waals surface area (Å²) in [5.41, 5.74) is 2.74. The number of nitrogens with one attached hydrogen (secondary N) is 1. The van der Waals surface area contributed by atoms with Gasteiger partial charge in [0.2, 0.25) is 0 Å². The van der Waals surface area contributed by atoms with Crippen LogP contribution in [0.1, 0.15) is 53.2 Å². The number of aromatic nitrogens is 3. The number of aryl methyl sites for hydroxylation is 1. The van der Waals surface area contributed by atoms with Crippen molar-refractivity contribution in [2.75, 3.05) is 23.4 Å². The van der Waals surface area contributed by atoms with E-state index >= 15 is 0 Å². The summed E-state index contributed by atoms with van der Waals surface area (Å²) in [7, 11) is -3.10. The van der Waals surface area contributed by atoms with Crippen LogP contribution in [-0.2, 0) is 38.6 Å². The van der Waals surface area contributed by atoms with Gasteiger partial charge in [0.15, 0.2) is 15.0 Å². The van der Waals surface area contributed by atoms with E-state index in [2.05, 4.69) is 15.4 Å². The van der Waals surface area contributed by atoms with Crippen molar-refractivity contribution >= 4 is 38.2 Å². The highest BCUT2D eigenvalue weighted by molar-refractivity contribution is 7.91. The lowest BCUT2D eigenvalue weighted by molar-refractivity contribution is -0.142. The monoisotopic (exact) mass is 438 g/mol. The van der Waals surface area contributed by atoms with Gasteiger partial charge in [-0.1, -0.05) is 0 Å². The molecule has 0 unspecified atom stereocenters. The molecule has 156 valence electrons. The Kier molecular flexibility index (Phi) is 5.43. The molecule has 0 spiro atoms. The lowest BCUT2D eigenvalue weighted by Crippen LogP contribution is -2.23. The maximum absolute atomic E-state index is 13.1. The molecule has 9 nitrogen and oxygen atoms in total. The van der Waals surface area contributed by atoms with Gasteiger partial charge in [-0.15, -0.1) is 11.3 Å². The SMILES string of the molecule is CCOC(=O)Cc1csc(NC(=O)c2c3c(nn2[C@@H]2CCS(=O)(=O)C2)CCC3)n1. The second-order valence-corrected chi connectivity index (χ2v) is 10.3. The Morgan fingerprint density at radius 2 is 2.21 bits per heavy atom. The van der Waals surface area contributed by atoms with Gasteiger partial charge in [-0.2, -0.15) is 5.10 Å². The van der Waals surface area contributed by atoms with Crippen LogP contribution < -0.4 is 5.32 Å². The number of carbonyl (C=O) groups is 2. The number of sulfone groups is 1. The Bertz CT molecular complexity index is 1060. The number of carbonyl (C=O) groups excluding carboxylic acids is 2. The second kappa shape index (κ2) is 7.86. The van der Waals surface area contributed by atoms with Crippen molar-refractivity contribution in [1.82, 2.24) is 14.8 Å². The quantitative estimate of drug-likeness (QED) is 0.679. The molecule has 2 aromatic heterocycles. The fourth-order valence-electron chi connectivity index (χ4n) is 3.85. The summed E-state index contributed by atoms with van der Waals surface area (Å²) in [6.45, 7) is 2.04. The normalized spacial score (nSPS) is 19.8. The Hall–Kier alpha value is -2.27. The van der Waals surface area contributed by atoms with Crippen LogP contribution in [0.3, 0.4) is 0 Å². The van der Waals surface area contributed by atoms with E-state index in [4.69, 9.17) is 4.74 Å². The fourth-order valence-corrected chi connectivity index (χ4v) is 6.24. The largest absolute Gasteiger partial charge is 0.466 e. The molecule has 1 aliphatic heterocycles. The minimum Gasteiger partial charge on any atom is -0.466 e. The molecule has 0 bridgehead atoms. The zero-order chi connectivity index (χ0) is 20.6. The van der Waals surface area contributed by atoms with Gasteiger partial charge in [0.1, 0.15) is 5.69 Å². The summed E-state index contributed by atoms with van der Waals surface area (Å²) in [6.07, 6.45) is 2.99. The number of rotatable bonds is 6. The van der Waals surface area contributed by atoms with E-state index in [1.165, 1.54) is 11.3 Å². The molecule has 0 saturated carbocycles. The summed E-state index contributed by atoms with van der Waals surface area (Å²) < 4.78 is 30.3. The van der Waals surface area contributed by atoms with Gasteiger partial charge in [0.05, 0.1) is 42.0 Å². The lowest BCUT2D eigenvalue weighted by atomic mass is 10.1. The second-order valence-electron chi connectivity index (χ2n) is 7.21. The molecule has 1 saturated heterocycles. The summed E-state index contributed by atoms with van der Waals surface area (Å²) >= 11 is 1.23. The summed E-state index contributed by atoms with van der Waals surface area (Å²) in [5.74, 6) is -0.585. The molecule has 2 aromatic rings. The fraction of sp³-hybridized carbons (Fsp3) is 0.556. The molecule has 1 fully saturated rings. The third kappa shape index (κ3) is 4.20. The van der Waals surface area contributed by atoms with E-state index in [0.717, 1.165) is 30.5 Å². The van der Waals surface area contributed by atoms with E-state index in [1.54, 1.807) is 17.0 Å². The third-order valence-electron chi connectivity index (χ3n) is 5.10. The maximum atomic E-state index is 13.1. The van der Waals surface area contributed by atoms with Crippen LogP contribution in [0.5, 0.6) is 0 Å². The van der Waals surface area contributed by atoms with Crippen molar-refractivity contribution in [3.05, 3.63) is 28.0 Å². The number of anilines is 1. The Labute approximate surface area is 172 Å². The first-order valence-corrected chi connectivity index (χ1v) is 12.3. The molecular weight excluding hydrogens is 416 g/mol. The van der Waals surface area contributed by atoms with Crippen molar-refractivity contribution in [3.8, 4) is 0 Å². The third-order valence-corrected chi connectivity index (χ3v) is 7.66.